The Balaban J connectivity index is 0.000000383. The Morgan fingerprint density at radius 2 is 1.05 bits per heavy atom. The van der Waals surface area contributed by atoms with E-state index in [0.717, 1.165) is 76.6 Å². The fourth-order valence-corrected chi connectivity index (χ4v) is 9.11. The van der Waals surface area contributed by atoms with E-state index in [0.29, 0.717) is 73.9 Å². The quantitative estimate of drug-likeness (QED) is 0.0323. The number of ketones is 1. The van der Waals surface area contributed by atoms with E-state index in [1.165, 1.54) is 18.9 Å². The zero-order chi connectivity index (χ0) is 65.0. The maximum Gasteiger partial charge on any atom is 0.319 e. The van der Waals surface area contributed by atoms with Gasteiger partial charge in [0.1, 0.15) is 0 Å². The molecule has 0 bridgehead atoms. The number of nitrogen functional groups attached to an aromatic ring is 2. The lowest BCUT2D eigenvalue weighted by atomic mass is 9.86. The van der Waals surface area contributed by atoms with Gasteiger partial charge in [-0.2, -0.15) is 0 Å². The van der Waals surface area contributed by atoms with Crippen LogP contribution in [0.5, 0.6) is 0 Å². The maximum absolute atomic E-state index is 12.1. The summed E-state index contributed by atoms with van der Waals surface area (Å²) in [6.45, 7) is 25.3. The summed E-state index contributed by atoms with van der Waals surface area (Å²) in [5, 5.41) is 11.2. The molecular weight excluding hydrogens is 1220 g/mol. The van der Waals surface area contributed by atoms with Gasteiger partial charge in [0.2, 0.25) is 6.08 Å². The molecule has 8 aromatic carbocycles. The molecule has 17 heteroatoms. The van der Waals surface area contributed by atoms with Crippen molar-refractivity contribution in [2.75, 3.05) is 68.2 Å². The number of amidine groups is 1. The highest BCUT2D eigenvalue weighted by molar-refractivity contribution is 6.32. The van der Waals surface area contributed by atoms with E-state index >= 15 is 0 Å². The van der Waals surface area contributed by atoms with E-state index in [9.17, 15) is 9.59 Å². The molecule has 0 aliphatic carbocycles. The number of fused-ring (bicyclic) bond motifs is 1. The molecule has 1 atom stereocenters. The topological polar surface area (TPSA) is 192 Å². The lowest BCUT2D eigenvalue weighted by molar-refractivity contribution is 0.103. The summed E-state index contributed by atoms with van der Waals surface area (Å²) >= 11 is 24.0. The van der Waals surface area contributed by atoms with Crippen LogP contribution in [0.25, 0.3) is 11.1 Å². The van der Waals surface area contributed by atoms with Gasteiger partial charge in [0.25, 0.3) is 6.02 Å². The molecule has 8 aromatic rings. The highest BCUT2D eigenvalue weighted by Gasteiger charge is 2.38. The number of urea groups is 1. The van der Waals surface area contributed by atoms with Crippen LogP contribution >= 0.6 is 46.4 Å². The molecule has 2 aliphatic heterocycles. The van der Waals surface area contributed by atoms with Crippen LogP contribution in [0, 0.1) is 0 Å². The third kappa shape index (κ3) is 26.5. The summed E-state index contributed by atoms with van der Waals surface area (Å²) in [6.07, 6.45) is 3.95. The second kappa shape index (κ2) is 43.3. The molecular formula is C74H87Cl4N7O6. The Kier molecular flexibility index (Phi) is 37.4. The largest absolute Gasteiger partial charge is 0.449 e. The number of hydrogen-bond donors (Lipinski definition) is 5. The minimum Gasteiger partial charge on any atom is -0.449 e. The van der Waals surface area contributed by atoms with E-state index in [1.54, 1.807) is 67.6 Å². The molecule has 0 aromatic heterocycles. The van der Waals surface area contributed by atoms with Crippen LogP contribution in [0.4, 0.5) is 27.5 Å². The number of anilines is 4. The molecule has 0 radical (unpaired) electrons. The van der Waals surface area contributed by atoms with Crippen molar-refractivity contribution in [2.24, 2.45) is 9.98 Å². The summed E-state index contributed by atoms with van der Waals surface area (Å²) in [5.41, 5.74) is 22.4. The first-order valence-electron chi connectivity index (χ1n) is 29.0. The summed E-state index contributed by atoms with van der Waals surface area (Å²) in [5.74, 6) is -0.111. The molecule has 91 heavy (non-hydrogen) atoms. The van der Waals surface area contributed by atoms with Crippen LogP contribution < -0.4 is 27.4 Å². The van der Waals surface area contributed by atoms with Gasteiger partial charge in [-0.15, -0.1) is 0 Å². The third-order valence-corrected chi connectivity index (χ3v) is 13.8. The van der Waals surface area contributed by atoms with Gasteiger partial charge in [-0.05, 0) is 155 Å². The average molecular weight is 1310 g/mol. The number of nitrogens with zero attached hydrogens (tertiary/aromatic N) is 2. The monoisotopic (exact) mass is 1310 g/mol. The Bertz CT molecular complexity index is 3460. The molecule has 1 saturated heterocycles. The molecule has 10 rings (SSSR count). The van der Waals surface area contributed by atoms with E-state index in [2.05, 4.69) is 51.2 Å². The lowest BCUT2D eigenvalue weighted by Crippen LogP contribution is -2.39. The van der Waals surface area contributed by atoms with Crippen molar-refractivity contribution in [1.29, 1.82) is 0 Å². The fourth-order valence-electron chi connectivity index (χ4n) is 8.43. The number of carbonyl (C=O) groups excluding carboxylic acids is 3. The van der Waals surface area contributed by atoms with E-state index in [4.69, 9.17) is 76.9 Å². The molecule has 2 aliphatic rings. The Morgan fingerprint density at radius 3 is 1.51 bits per heavy atom. The summed E-state index contributed by atoms with van der Waals surface area (Å²) in [4.78, 5) is 40.5. The first-order valence-corrected chi connectivity index (χ1v) is 30.5. The minimum atomic E-state index is -0.610. The standard InChI is InChI=1S/2C17H17ClN2O.C14H12ClN.C13H10ClNO.C4H8O.C4H10O.C3H5NO.2CH4/c1-3-19-16-20-15-10-9-13(18)11-14(15)17(2,21-16)12-7-5-4-6-8-12;1-3-19-17(21)20-16-10-9-14(18)11-15(16)12(2)13-7-5-4-6-8-13;1-10(11-5-3-2-4-6-11)13-9-12(15)7-8-14(13)16;14-10-6-7-12(15)11(8-10)13(16)9-4-2-1-3-5-9;1-2-4-5-3-1;1-3-5-4-2;1-2-4-3-5;;/h4-11H,3H2,1-2H3,(H,19,20);4-11H,2-3H2,1H3,(H2,19,20,21);2-9H,1,16H2;1-8H,15H2;1-4H2;3-4H2,1-2H3;2H2,1H3;2*1H4/t17-;;;;;;;;/m0......../s1. The van der Waals surface area contributed by atoms with Crippen molar-refractivity contribution in [3.05, 3.63) is 272 Å². The first-order chi connectivity index (χ1) is 42.9. The molecule has 0 saturated carbocycles. The number of hydrogen-bond acceptors (Lipinski definition) is 10. The Morgan fingerprint density at radius 1 is 0.604 bits per heavy atom. The number of ether oxygens (including phenoxy) is 3. The van der Waals surface area contributed by atoms with Crippen LogP contribution in [0.1, 0.15) is 119 Å². The zero-order valence-electron chi connectivity index (χ0n) is 51.3. The smallest absolute Gasteiger partial charge is 0.319 e. The lowest BCUT2D eigenvalue weighted by Gasteiger charge is -2.38. The fraction of sp³-hybridized carbons (Fsp3) is 0.243. The molecule has 7 N–H and O–H groups in total. The van der Waals surface area contributed by atoms with Gasteiger partial charge in [0, 0.05) is 111 Å². The van der Waals surface area contributed by atoms with Crippen molar-refractivity contribution < 1.29 is 28.6 Å². The number of aliphatic imine (C=N–C) groups is 2. The number of amides is 2. The average Bonchev–Trinajstić information content (AvgIpc) is 1.01. The van der Waals surface area contributed by atoms with Crippen molar-refractivity contribution in [3.8, 4) is 0 Å². The predicted molar refractivity (Wildman–Crippen MR) is 386 cm³/mol. The van der Waals surface area contributed by atoms with Gasteiger partial charge in [0.05, 0.1) is 5.69 Å². The number of carbonyl (C=O) groups is 2. The van der Waals surface area contributed by atoms with Crippen molar-refractivity contribution in [2.45, 2.75) is 74.8 Å². The molecule has 0 spiro atoms. The van der Waals surface area contributed by atoms with Crippen LogP contribution in [0.2, 0.25) is 20.1 Å². The number of isocyanates is 1. The number of benzene rings is 8. The highest BCUT2D eigenvalue weighted by Crippen LogP contribution is 2.42. The van der Waals surface area contributed by atoms with Gasteiger partial charge in [-0.3, -0.25) is 4.79 Å². The SMILES string of the molecule is C.C.C1CCOC1.C=C(c1ccccc1)c1cc(Cl)ccc1N.C=C(c1ccccc1)c1cc(Cl)ccc1NC(=O)NCC.CCN=C1Nc2ccc(Cl)cc2[C@](C)(c2ccccc2)O1.CCN=C=O.CCOCC.Nc1ccc(Cl)cc1C(=O)c1ccccc1. The second-order valence-electron chi connectivity index (χ2n) is 19.3. The van der Waals surface area contributed by atoms with Gasteiger partial charge >= 0.3 is 6.03 Å². The molecule has 1 fully saturated rings. The Hall–Kier alpha value is -8.49. The van der Waals surface area contributed by atoms with Gasteiger partial charge in [-0.1, -0.05) is 196 Å². The van der Waals surface area contributed by atoms with Crippen molar-refractivity contribution in [1.82, 2.24) is 5.32 Å². The first kappa shape index (κ1) is 78.6. The summed E-state index contributed by atoms with van der Waals surface area (Å²) < 4.78 is 15.9. The van der Waals surface area contributed by atoms with E-state index < -0.39 is 5.60 Å². The van der Waals surface area contributed by atoms with Crippen LogP contribution in [-0.4, -0.2) is 70.0 Å². The van der Waals surface area contributed by atoms with Crippen LogP contribution in [0.3, 0.4) is 0 Å². The molecule has 482 valence electrons. The second-order valence-corrected chi connectivity index (χ2v) is 21.0. The van der Waals surface area contributed by atoms with E-state index in [-0.39, 0.29) is 26.7 Å². The van der Waals surface area contributed by atoms with Gasteiger partial charge < -0.3 is 41.6 Å². The summed E-state index contributed by atoms with van der Waals surface area (Å²) in [6, 6.07) is 60.5. The normalized spacial score (nSPS) is 13.1. The highest BCUT2D eigenvalue weighted by atomic mass is 35.5. The van der Waals surface area contributed by atoms with Crippen LogP contribution in [-0.2, 0) is 24.6 Å². The molecule has 2 amide bonds. The number of rotatable bonds is 13. The maximum atomic E-state index is 12.1. The van der Waals surface area contributed by atoms with Crippen molar-refractivity contribution >= 4 is 104 Å². The summed E-state index contributed by atoms with van der Waals surface area (Å²) in [7, 11) is 0. The van der Waals surface area contributed by atoms with E-state index in [1.807, 2.05) is 156 Å². The van der Waals surface area contributed by atoms with Crippen molar-refractivity contribution in [3.63, 3.8) is 0 Å². The number of nitrogens with two attached hydrogens (primary N) is 2. The van der Waals surface area contributed by atoms with Gasteiger partial charge in [-0.25, -0.2) is 19.6 Å². The molecule has 0 unspecified atom stereocenters. The molecule has 2 heterocycles. The predicted octanol–water partition coefficient (Wildman–Crippen LogP) is 19.6. The number of halogens is 4. The van der Waals surface area contributed by atoms with Crippen LogP contribution in [0.15, 0.2) is 217 Å². The zero-order valence-corrected chi connectivity index (χ0v) is 54.3. The third-order valence-electron chi connectivity index (χ3n) is 12.9. The van der Waals surface area contributed by atoms with Gasteiger partial charge in [0.15, 0.2) is 11.4 Å². The molecule has 13 nitrogen and oxygen atoms in total. The minimum absolute atomic E-state index is 0. The Labute approximate surface area is 559 Å². The number of nitrogens with one attached hydrogen (secondary N) is 3.